The molecule has 0 saturated heterocycles. The molecular formula is C18H20ClN3O4. The van der Waals surface area contributed by atoms with Crippen molar-refractivity contribution in [2.75, 3.05) is 14.1 Å². The lowest BCUT2D eigenvalue weighted by Gasteiger charge is -2.26. The van der Waals surface area contributed by atoms with Crippen molar-refractivity contribution >= 4 is 23.2 Å². The highest BCUT2D eigenvalue weighted by molar-refractivity contribution is 6.33. The van der Waals surface area contributed by atoms with Crippen LogP contribution in [-0.4, -0.2) is 41.9 Å². The zero-order valence-electron chi connectivity index (χ0n) is 14.6. The van der Waals surface area contributed by atoms with Gasteiger partial charge in [-0.05, 0) is 51.6 Å². The molecule has 1 saturated carbocycles. The standard InChI is InChI=1S/C18H20ClN3O4/c1-21(2)15-5-3-4-14(15)20-18(23)17-9-8-16(26-17)12-7-6-11(22(24)25)10-13(12)19/h6-10,14-15H,3-5H2,1-2H3,(H,20,23)/t14-,15-/m1/s1. The minimum Gasteiger partial charge on any atom is -0.451 e. The van der Waals surface area contributed by atoms with Crippen LogP contribution in [0.25, 0.3) is 11.3 Å². The second-order valence-corrected chi connectivity index (χ2v) is 7.03. The molecule has 0 spiro atoms. The Kier molecular flexibility index (Phi) is 5.29. The highest BCUT2D eigenvalue weighted by atomic mass is 35.5. The van der Waals surface area contributed by atoms with E-state index in [2.05, 4.69) is 10.2 Å². The van der Waals surface area contributed by atoms with Crippen molar-refractivity contribution < 1.29 is 14.1 Å². The van der Waals surface area contributed by atoms with Crippen LogP contribution in [0.5, 0.6) is 0 Å². The lowest BCUT2D eigenvalue weighted by atomic mass is 10.1. The number of carbonyl (C=O) groups excluding carboxylic acids is 1. The molecule has 138 valence electrons. The van der Waals surface area contributed by atoms with E-state index in [0.717, 1.165) is 19.3 Å². The van der Waals surface area contributed by atoms with Crippen LogP contribution in [0.2, 0.25) is 5.02 Å². The quantitative estimate of drug-likeness (QED) is 0.633. The van der Waals surface area contributed by atoms with Crippen LogP contribution in [0.15, 0.2) is 34.7 Å². The van der Waals surface area contributed by atoms with Crippen molar-refractivity contribution in [2.24, 2.45) is 0 Å². The molecule has 1 heterocycles. The first-order valence-corrected chi connectivity index (χ1v) is 8.76. The van der Waals surface area contributed by atoms with E-state index in [1.54, 1.807) is 12.1 Å². The Morgan fingerprint density at radius 1 is 1.31 bits per heavy atom. The molecule has 8 heteroatoms. The number of non-ortho nitro benzene ring substituents is 1. The van der Waals surface area contributed by atoms with Gasteiger partial charge in [0.1, 0.15) is 5.76 Å². The fourth-order valence-corrected chi connectivity index (χ4v) is 3.66. The number of nitro groups is 1. The summed E-state index contributed by atoms with van der Waals surface area (Å²) in [5, 5.41) is 14.0. The van der Waals surface area contributed by atoms with E-state index in [0.29, 0.717) is 17.4 Å². The monoisotopic (exact) mass is 377 g/mol. The Bertz CT molecular complexity index is 834. The number of rotatable bonds is 5. The molecule has 1 aromatic carbocycles. The van der Waals surface area contributed by atoms with Crippen LogP contribution in [0.1, 0.15) is 29.8 Å². The van der Waals surface area contributed by atoms with Crippen LogP contribution in [-0.2, 0) is 0 Å². The van der Waals surface area contributed by atoms with Crippen molar-refractivity contribution in [3.8, 4) is 11.3 Å². The van der Waals surface area contributed by atoms with Crippen LogP contribution < -0.4 is 5.32 Å². The Morgan fingerprint density at radius 3 is 2.73 bits per heavy atom. The summed E-state index contributed by atoms with van der Waals surface area (Å²) in [4.78, 5) is 24.9. The molecule has 1 aliphatic rings. The Balaban J connectivity index is 1.75. The summed E-state index contributed by atoms with van der Waals surface area (Å²) < 4.78 is 5.64. The molecule has 0 aliphatic heterocycles. The highest BCUT2D eigenvalue weighted by Crippen LogP contribution is 2.32. The van der Waals surface area contributed by atoms with Gasteiger partial charge in [0.05, 0.1) is 9.95 Å². The van der Waals surface area contributed by atoms with Crippen molar-refractivity contribution in [3.05, 3.63) is 51.2 Å². The van der Waals surface area contributed by atoms with Gasteiger partial charge in [0.15, 0.2) is 5.76 Å². The lowest BCUT2D eigenvalue weighted by Crippen LogP contribution is -2.46. The number of nitro benzene ring substituents is 1. The van der Waals surface area contributed by atoms with E-state index in [1.165, 1.54) is 18.2 Å². The summed E-state index contributed by atoms with van der Waals surface area (Å²) in [5.74, 6) is 0.317. The summed E-state index contributed by atoms with van der Waals surface area (Å²) in [7, 11) is 4.02. The smallest absolute Gasteiger partial charge is 0.287 e. The number of nitrogens with zero attached hydrogens (tertiary/aromatic N) is 2. The first-order chi connectivity index (χ1) is 12.4. The SMILES string of the molecule is CN(C)[C@@H]1CCC[C@H]1NC(=O)c1ccc(-c2ccc([N+](=O)[O-])cc2Cl)o1. The maximum Gasteiger partial charge on any atom is 0.287 e. The summed E-state index contributed by atoms with van der Waals surface area (Å²) in [6.45, 7) is 0. The van der Waals surface area contributed by atoms with E-state index < -0.39 is 4.92 Å². The Labute approximate surface area is 156 Å². The van der Waals surface area contributed by atoms with E-state index in [9.17, 15) is 14.9 Å². The molecule has 0 radical (unpaired) electrons. The molecule has 0 bridgehead atoms. The number of halogens is 1. The second-order valence-electron chi connectivity index (χ2n) is 6.63. The molecule has 26 heavy (non-hydrogen) atoms. The van der Waals surface area contributed by atoms with Gasteiger partial charge in [-0.15, -0.1) is 0 Å². The van der Waals surface area contributed by atoms with Gasteiger partial charge < -0.3 is 14.6 Å². The van der Waals surface area contributed by atoms with Gasteiger partial charge in [-0.1, -0.05) is 11.6 Å². The van der Waals surface area contributed by atoms with Crippen LogP contribution in [0.3, 0.4) is 0 Å². The number of furan rings is 1. The van der Waals surface area contributed by atoms with Gasteiger partial charge >= 0.3 is 0 Å². The Hall–Kier alpha value is -2.38. The predicted molar refractivity (Wildman–Crippen MR) is 98.4 cm³/mol. The lowest BCUT2D eigenvalue weighted by molar-refractivity contribution is -0.384. The second kappa shape index (κ2) is 7.47. The molecule has 7 nitrogen and oxygen atoms in total. The molecule has 0 unspecified atom stereocenters. The zero-order valence-corrected chi connectivity index (χ0v) is 15.3. The molecule has 1 N–H and O–H groups in total. The highest BCUT2D eigenvalue weighted by Gasteiger charge is 2.30. The summed E-state index contributed by atoms with van der Waals surface area (Å²) in [6, 6.07) is 7.76. The van der Waals surface area contributed by atoms with Crippen molar-refractivity contribution in [1.82, 2.24) is 10.2 Å². The molecular weight excluding hydrogens is 358 g/mol. The number of nitrogens with one attached hydrogen (secondary N) is 1. The minimum absolute atomic E-state index is 0.0917. The third-order valence-electron chi connectivity index (χ3n) is 4.72. The van der Waals surface area contributed by atoms with Gasteiger partial charge in [0.2, 0.25) is 0 Å². The molecule has 2 aromatic rings. The van der Waals surface area contributed by atoms with E-state index in [-0.39, 0.29) is 28.4 Å². The largest absolute Gasteiger partial charge is 0.451 e. The van der Waals surface area contributed by atoms with Gasteiger partial charge in [0, 0.05) is 29.8 Å². The van der Waals surface area contributed by atoms with E-state index >= 15 is 0 Å². The number of hydrogen-bond acceptors (Lipinski definition) is 5. The fraction of sp³-hybridized carbons (Fsp3) is 0.389. The number of hydrogen-bond donors (Lipinski definition) is 1. The first-order valence-electron chi connectivity index (χ1n) is 8.38. The molecule has 3 rings (SSSR count). The number of amides is 1. The van der Waals surface area contributed by atoms with Crippen molar-refractivity contribution in [3.63, 3.8) is 0 Å². The molecule has 2 atom stereocenters. The molecule has 1 amide bonds. The normalized spacial score (nSPS) is 19.7. The first kappa shape index (κ1) is 18.4. The van der Waals surface area contributed by atoms with Gasteiger partial charge in [-0.3, -0.25) is 14.9 Å². The summed E-state index contributed by atoms with van der Waals surface area (Å²) in [6.07, 6.45) is 3.08. The third-order valence-corrected chi connectivity index (χ3v) is 5.03. The fourth-order valence-electron chi connectivity index (χ4n) is 3.39. The number of likely N-dealkylation sites (N-methyl/N-ethyl adjacent to an activating group) is 1. The summed E-state index contributed by atoms with van der Waals surface area (Å²) in [5.41, 5.74) is 0.405. The molecule has 1 fully saturated rings. The minimum atomic E-state index is -0.514. The summed E-state index contributed by atoms with van der Waals surface area (Å²) >= 11 is 6.12. The maximum absolute atomic E-state index is 12.5. The van der Waals surface area contributed by atoms with Crippen LogP contribution in [0.4, 0.5) is 5.69 Å². The average Bonchev–Trinajstić information content (AvgIpc) is 3.23. The molecule has 1 aliphatic carbocycles. The van der Waals surface area contributed by atoms with E-state index in [4.69, 9.17) is 16.0 Å². The molecule has 1 aromatic heterocycles. The predicted octanol–water partition coefficient (Wildman–Crippen LogP) is 3.72. The van der Waals surface area contributed by atoms with Crippen LogP contribution >= 0.6 is 11.6 Å². The number of carbonyl (C=O) groups is 1. The van der Waals surface area contributed by atoms with E-state index in [1.807, 2.05) is 14.1 Å². The van der Waals surface area contributed by atoms with Gasteiger partial charge in [-0.2, -0.15) is 0 Å². The maximum atomic E-state index is 12.5. The van der Waals surface area contributed by atoms with Crippen LogP contribution in [0, 0.1) is 10.1 Å². The van der Waals surface area contributed by atoms with Gasteiger partial charge in [0.25, 0.3) is 11.6 Å². The topological polar surface area (TPSA) is 88.6 Å². The Morgan fingerprint density at radius 2 is 2.08 bits per heavy atom. The van der Waals surface area contributed by atoms with Crippen molar-refractivity contribution in [1.29, 1.82) is 0 Å². The zero-order chi connectivity index (χ0) is 18.8. The average molecular weight is 378 g/mol. The third kappa shape index (κ3) is 3.73. The van der Waals surface area contributed by atoms with Crippen molar-refractivity contribution in [2.45, 2.75) is 31.3 Å². The number of benzene rings is 1. The van der Waals surface area contributed by atoms with Gasteiger partial charge in [-0.25, -0.2) is 0 Å².